The number of nitrogens with zero attached hydrogens (tertiary/aromatic N) is 3. The van der Waals surface area contributed by atoms with E-state index in [9.17, 15) is 9.59 Å². The van der Waals surface area contributed by atoms with E-state index in [0.29, 0.717) is 22.3 Å². The number of rotatable bonds is 5. The zero-order chi connectivity index (χ0) is 23.8. The summed E-state index contributed by atoms with van der Waals surface area (Å²) in [6.45, 7) is 5.63. The molecule has 0 saturated carbocycles. The Kier molecular flexibility index (Phi) is 5.90. The molecule has 1 amide bonds. The average molecular weight is 471 g/mol. The van der Waals surface area contributed by atoms with Crippen LogP contribution in [0.15, 0.2) is 24.5 Å². The molecule has 0 fully saturated rings. The van der Waals surface area contributed by atoms with Crippen LogP contribution in [0.25, 0.3) is 11.3 Å². The van der Waals surface area contributed by atoms with Gasteiger partial charge in [0.05, 0.1) is 30.2 Å². The van der Waals surface area contributed by atoms with Gasteiger partial charge in [-0.25, -0.2) is 15.0 Å². The van der Waals surface area contributed by atoms with Crippen molar-refractivity contribution in [3.05, 3.63) is 35.0 Å². The van der Waals surface area contributed by atoms with Crippen molar-refractivity contribution in [2.45, 2.75) is 27.4 Å². The first-order chi connectivity index (χ1) is 15.7. The van der Waals surface area contributed by atoms with Crippen molar-refractivity contribution in [1.82, 2.24) is 15.0 Å². The predicted molar refractivity (Wildman–Crippen MR) is 120 cm³/mol. The Morgan fingerprint density at radius 3 is 2.45 bits per heavy atom. The van der Waals surface area contributed by atoms with E-state index < -0.39 is 11.3 Å². The molecule has 11 heteroatoms. The molecule has 1 aliphatic rings. The maximum atomic E-state index is 12.9. The zero-order valence-electron chi connectivity index (χ0n) is 18.7. The van der Waals surface area contributed by atoms with E-state index >= 15 is 0 Å². The second-order valence-corrected chi connectivity index (χ2v) is 9.18. The van der Waals surface area contributed by atoms with Crippen molar-refractivity contribution in [2.24, 2.45) is 5.41 Å². The number of carbonyl (C=O) groups excluding carboxylic acids is 2. The third kappa shape index (κ3) is 4.44. The normalized spacial score (nSPS) is 12.2. The number of anilines is 1. The molecule has 4 rings (SSSR count). The minimum Gasteiger partial charge on any atom is -0.487 e. The van der Waals surface area contributed by atoms with Crippen molar-refractivity contribution in [1.29, 1.82) is 0 Å². The van der Waals surface area contributed by atoms with Gasteiger partial charge in [-0.3, -0.25) is 14.9 Å². The summed E-state index contributed by atoms with van der Waals surface area (Å²) < 4.78 is 21.6. The average Bonchev–Trinajstić information content (AvgIpc) is 3.20. The number of aromatic nitrogens is 3. The maximum absolute atomic E-state index is 12.9. The summed E-state index contributed by atoms with van der Waals surface area (Å²) >= 11 is 1.29. The van der Waals surface area contributed by atoms with E-state index in [1.54, 1.807) is 39.0 Å². The summed E-state index contributed by atoms with van der Waals surface area (Å²) in [6.07, 6.45) is 1.25. The SMILES string of the molecule is COc1ncnc(OC)c1C(=O)Nc1nc2c(s1)COc1cc(OC(=O)C(C)(C)C)ccc1-2. The molecule has 172 valence electrons. The number of methoxy groups -OCH3 is 2. The first-order valence-corrected chi connectivity index (χ1v) is 10.8. The van der Waals surface area contributed by atoms with Gasteiger partial charge in [-0.15, -0.1) is 0 Å². The number of esters is 1. The van der Waals surface area contributed by atoms with Crippen LogP contribution in [0.1, 0.15) is 36.0 Å². The van der Waals surface area contributed by atoms with Gasteiger partial charge >= 0.3 is 5.97 Å². The molecule has 0 saturated heterocycles. The van der Waals surface area contributed by atoms with Crippen molar-refractivity contribution in [3.8, 4) is 34.5 Å². The summed E-state index contributed by atoms with van der Waals surface area (Å²) in [5.41, 5.74) is 0.870. The Labute approximate surface area is 193 Å². The Hall–Kier alpha value is -3.73. The van der Waals surface area contributed by atoms with E-state index in [4.69, 9.17) is 18.9 Å². The highest BCUT2D eigenvalue weighted by atomic mass is 32.1. The van der Waals surface area contributed by atoms with Gasteiger partial charge in [0.2, 0.25) is 11.8 Å². The molecular formula is C22H22N4O6S. The predicted octanol–water partition coefficient (Wildman–Crippen LogP) is 3.71. The lowest BCUT2D eigenvalue weighted by atomic mass is 9.97. The largest absolute Gasteiger partial charge is 0.487 e. The first-order valence-electron chi connectivity index (χ1n) is 9.94. The standard InChI is InChI=1S/C22H22N4O6S/c1-22(2,3)20(28)32-11-6-7-12-13(8-11)31-9-14-16(12)25-21(33-14)26-17(27)15-18(29-4)23-10-24-19(15)30-5/h6-8,10H,9H2,1-5H3,(H,25,26,27). The fraction of sp³-hybridized carbons (Fsp3) is 0.318. The fourth-order valence-corrected chi connectivity index (χ4v) is 3.90. The number of thiazole rings is 1. The third-order valence-electron chi connectivity index (χ3n) is 4.70. The molecule has 10 nitrogen and oxygen atoms in total. The van der Waals surface area contributed by atoms with E-state index in [2.05, 4.69) is 20.3 Å². The molecule has 0 unspecified atom stereocenters. The number of fused-ring (bicyclic) bond motifs is 3. The molecule has 2 aromatic heterocycles. The van der Waals surface area contributed by atoms with E-state index in [0.717, 1.165) is 10.4 Å². The van der Waals surface area contributed by atoms with Gasteiger partial charge in [-0.05, 0) is 32.9 Å². The highest BCUT2D eigenvalue weighted by molar-refractivity contribution is 7.16. The van der Waals surface area contributed by atoms with Crippen LogP contribution >= 0.6 is 11.3 Å². The molecule has 1 N–H and O–H groups in total. The molecule has 3 heterocycles. The quantitative estimate of drug-likeness (QED) is 0.439. The highest BCUT2D eigenvalue weighted by Crippen LogP contribution is 2.43. The lowest BCUT2D eigenvalue weighted by Crippen LogP contribution is -2.25. The van der Waals surface area contributed by atoms with Crippen molar-refractivity contribution < 1.29 is 28.5 Å². The van der Waals surface area contributed by atoms with Crippen LogP contribution < -0.4 is 24.3 Å². The number of hydrogen-bond donors (Lipinski definition) is 1. The highest BCUT2D eigenvalue weighted by Gasteiger charge is 2.28. The van der Waals surface area contributed by atoms with Crippen LogP contribution in [0.4, 0.5) is 5.13 Å². The summed E-state index contributed by atoms with van der Waals surface area (Å²) in [4.78, 5) is 38.4. The number of ether oxygens (including phenoxy) is 4. The van der Waals surface area contributed by atoms with Gasteiger partial charge in [-0.1, -0.05) is 11.3 Å². The van der Waals surface area contributed by atoms with E-state index in [-0.39, 0.29) is 29.9 Å². The second-order valence-electron chi connectivity index (χ2n) is 8.10. The van der Waals surface area contributed by atoms with Gasteiger partial charge in [0.15, 0.2) is 10.7 Å². The fourth-order valence-electron chi connectivity index (χ4n) is 3.02. The number of nitrogens with one attached hydrogen (secondary N) is 1. The lowest BCUT2D eigenvalue weighted by molar-refractivity contribution is -0.143. The van der Waals surface area contributed by atoms with Crippen LogP contribution in [0, 0.1) is 5.41 Å². The summed E-state index contributed by atoms with van der Waals surface area (Å²) in [5, 5.41) is 3.13. The minimum atomic E-state index is -0.624. The summed E-state index contributed by atoms with van der Waals surface area (Å²) in [7, 11) is 2.81. The van der Waals surface area contributed by atoms with Crippen LogP contribution in [-0.4, -0.2) is 41.0 Å². The molecule has 0 atom stereocenters. The van der Waals surface area contributed by atoms with Gasteiger partial charge < -0.3 is 18.9 Å². The van der Waals surface area contributed by atoms with Crippen LogP contribution in [0.2, 0.25) is 0 Å². The zero-order valence-corrected chi connectivity index (χ0v) is 19.5. The molecule has 3 aromatic rings. The number of carbonyl (C=O) groups is 2. The van der Waals surface area contributed by atoms with Gasteiger partial charge in [-0.2, -0.15) is 0 Å². The van der Waals surface area contributed by atoms with Crippen molar-refractivity contribution in [3.63, 3.8) is 0 Å². The number of benzene rings is 1. The Balaban J connectivity index is 1.59. The topological polar surface area (TPSA) is 122 Å². The maximum Gasteiger partial charge on any atom is 0.316 e. The van der Waals surface area contributed by atoms with Crippen LogP contribution in [0.3, 0.4) is 0 Å². The van der Waals surface area contributed by atoms with Crippen molar-refractivity contribution in [2.75, 3.05) is 19.5 Å². The molecular weight excluding hydrogens is 448 g/mol. The Morgan fingerprint density at radius 1 is 1.12 bits per heavy atom. The minimum absolute atomic E-state index is 0.0672. The molecule has 0 aliphatic carbocycles. The monoisotopic (exact) mass is 470 g/mol. The summed E-state index contributed by atoms with van der Waals surface area (Å²) in [6, 6.07) is 5.13. The third-order valence-corrected chi connectivity index (χ3v) is 5.64. The molecule has 0 spiro atoms. The Morgan fingerprint density at radius 2 is 1.82 bits per heavy atom. The van der Waals surface area contributed by atoms with Crippen LogP contribution in [-0.2, 0) is 11.4 Å². The first kappa shape index (κ1) is 22.5. The smallest absolute Gasteiger partial charge is 0.316 e. The molecule has 0 bridgehead atoms. The van der Waals surface area contributed by atoms with Crippen molar-refractivity contribution >= 4 is 28.3 Å². The van der Waals surface area contributed by atoms with Gasteiger partial charge in [0, 0.05) is 11.6 Å². The van der Waals surface area contributed by atoms with Gasteiger partial charge in [0.1, 0.15) is 24.4 Å². The molecule has 1 aliphatic heterocycles. The second kappa shape index (κ2) is 8.66. The van der Waals surface area contributed by atoms with Crippen LogP contribution in [0.5, 0.6) is 23.3 Å². The molecule has 1 aromatic carbocycles. The summed E-state index contributed by atoms with van der Waals surface area (Å²) in [5.74, 6) is 0.265. The lowest BCUT2D eigenvalue weighted by Gasteiger charge is -2.19. The van der Waals surface area contributed by atoms with Gasteiger partial charge in [0.25, 0.3) is 5.91 Å². The van der Waals surface area contributed by atoms with E-state index in [1.807, 2.05) is 0 Å². The number of hydrogen-bond acceptors (Lipinski definition) is 10. The Bertz CT molecular complexity index is 1210. The van der Waals surface area contributed by atoms with E-state index in [1.165, 1.54) is 31.9 Å². The molecule has 33 heavy (non-hydrogen) atoms. The number of amides is 1. The molecule has 0 radical (unpaired) electrons.